The first-order chi connectivity index (χ1) is 7.54. The summed E-state index contributed by atoms with van der Waals surface area (Å²) in [4.78, 5) is 20.9. The molecule has 0 N–H and O–H groups in total. The van der Waals surface area contributed by atoms with E-state index in [0.29, 0.717) is 0 Å². The quantitative estimate of drug-likeness (QED) is 0.539. The van der Waals surface area contributed by atoms with E-state index in [2.05, 4.69) is 4.52 Å². The van der Waals surface area contributed by atoms with Gasteiger partial charge in [-0.1, -0.05) is 0 Å². The van der Waals surface area contributed by atoms with E-state index >= 15 is 0 Å². The Bertz CT molecular complexity index is 369. The fourth-order valence-corrected chi connectivity index (χ4v) is 1.93. The van der Waals surface area contributed by atoms with Gasteiger partial charge in [0, 0.05) is 12.8 Å². The molecule has 0 aliphatic rings. The first kappa shape index (κ1) is 16.0. The van der Waals surface area contributed by atoms with Crippen LogP contribution in [-0.2, 0) is 9.09 Å². The van der Waals surface area contributed by atoms with Gasteiger partial charge >= 0.3 is 6.18 Å². The summed E-state index contributed by atoms with van der Waals surface area (Å²) in [6, 6.07) is 0. The van der Waals surface area contributed by atoms with E-state index in [1.165, 1.54) is 0 Å². The molecule has 0 atom stereocenters. The summed E-state index contributed by atoms with van der Waals surface area (Å²) < 4.78 is 51.1. The van der Waals surface area contributed by atoms with E-state index in [1.807, 2.05) is 11.8 Å². The number of phosphoric ester groups is 1. The largest absolute Gasteiger partial charge is 0.790 e. The van der Waals surface area contributed by atoms with Crippen LogP contribution in [0, 0.1) is 24.7 Å². The van der Waals surface area contributed by atoms with Gasteiger partial charge in [-0.3, -0.25) is 0 Å². The zero-order valence-corrected chi connectivity index (χ0v) is 9.38. The van der Waals surface area contributed by atoms with Crippen molar-refractivity contribution < 1.29 is 32.0 Å². The van der Waals surface area contributed by atoms with Crippen molar-refractivity contribution >= 4 is 7.82 Å². The number of hydrogen-bond donors (Lipinski definition) is 0. The summed E-state index contributed by atoms with van der Waals surface area (Å²) >= 11 is 0. The summed E-state index contributed by atoms with van der Waals surface area (Å²) in [7, 11) is -5.62. The molecule has 0 bridgehead atoms. The molecule has 0 rings (SSSR count). The standard InChI is InChI=1S/C9H10F3O4P/c1-3-5-8(6-4-2,7-9(10,11)12)16-17(13,14)15/h1-2H,5-7H2,(H2,13,14,15)/p-2. The van der Waals surface area contributed by atoms with Crippen molar-refractivity contribution in [3.05, 3.63) is 0 Å². The zero-order valence-electron chi connectivity index (χ0n) is 8.49. The van der Waals surface area contributed by atoms with Crippen molar-refractivity contribution in [2.45, 2.75) is 31.0 Å². The molecule has 0 amide bonds. The SMILES string of the molecule is C#CCC(CC#C)(CC(F)(F)F)OP(=O)([O-])[O-]. The van der Waals surface area contributed by atoms with E-state index in [9.17, 15) is 27.5 Å². The Morgan fingerprint density at radius 3 is 1.82 bits per heavy atom. The zero-order chi connectivity index (χ0) is 13.7. The number of halogens is 3. The molecule has 8 heteroatoms. The lowest BCUT2D eigenvalue weighted by Crippen LogP contribution is -2.39. The van der Waals surface area contributed by atoms with Crippen molar-refractivity contribution in [3.8, 4) is 24.7 Å². The minimum absolute atomic E-state index is 0.731. The Morgan fingerprint density at radius 2 is 1.59 bits per heavy atom. The lowest BCUT2D eigenvalue weighted by atomic mass is 9.92. The smallest absolute Gasteiger partial charge is 0.391 e. The van der Waals surface area contributed by atoms with Crippen molar-refractivity contribution in [2.24, 2.45) is 0 Å². The van der Waals surface area contributed by atoms with E-state index in [0.717, 1.165) is 0 Å². The predicted molar refractivity (Wildman–Crippen MR) is 49.0 cm³/mol. The van der Waals surface area contributed by atoms with Gasteiger partial charge in [-0.15, -0.1) is 24.7 Å². The molecular weight excluding hydrogens is 260 g/mol. The van der Waals surface area contributed by atoms with Gasteiger partial charge < -0.3 is 18.9 Å². The normalized spacial score (nSPS) is 12.9. The number of alkyl halides is 3. The van der Waals surface area contributed by atoms with Crippen LogP contribution in [0.4, 0.5) is 13.2 Å². The Labute approximate surface area is 96.4 Å². The molecule has 0 aliphatic carbocycles. The van der Waals surface area contributed by atoms with Crippen LogP contribution in [0.25, 0.3) is 0 Å². The van der Waals surface area contributed by atoms with Gasteiger partial charge in [0.2, 0.25) is 0 Å². The van der Waals surface area contributed by atoms with Crippen LogP contribution in [0.5, 0.6) is 0 Å². The first-order valence-electron chi connectivity index (χ1n) is 4.20. The van der Waals surface area contributed by atoms with Crippen molar-refractivity contribution in [2.75, 3.05) is 0 Å². The first-order valence-corrected chi connectivity index (χ1v) is 5.66. The second-order valence-corrected chi connectivity index (χ2v) is 4.35. The molecule has 0 aliphatic heterocycles. The summed E-state index contributed by atoms with van der Waals surface area (Å²) in [6.45, 7) is 0. The fraction of sp³-hybridized carbons (Fsp3) is 0.556. The molecule has 96 valence electrons. The van der Waals surface area contributed by atoms with E-state index in [-0.39, 0.29) is 0 Å². The maximum absolute atomic E-state index is 12.3. The minimum atomic E-state index is -5.62. The maximum atomic E-state index is 12.3. The van der Waals surface area contributed by atoms with Gasteiger partial charge in [0.25, 0.3) is 0 Å². The average molecular weight is 268 g/mol. The van der Waals surface area contributed by atoms with Crippen molar-refractivity contribution in [3.63, 3.8) is 0 Å². The molecule has 0 aromatic rings. The van der Waals surface area contributed by atoms with E-state index in [4.69, 9.17) is 12.8 Å². The summed E-state index contributed by atoms with van der Waals surface area (Å²) in [6.07, 6.45) is 1.72. The molecule has 17 heavy (non-hydrogen) atoms. The molecule has 0 unspecified atom stereocenters. The van der Waals surface area contributed by atoms with Crippen molar-refractivity contribution in [1.29, 1.82) is 0 Å². The van der Waals surface area contributed by atoms with E-state index < -0.39 is 38.9 Å². The Kier molecular flexibility index (Phi) is 5.25. The molecule has 0 heterocycles. The second kappa shape index (κ2) is 5.57. The Balaban J connectivity index is 5.22. The lowest BCUT2D eigenvalue weighted by molar-refractivity contribution is -0.351. The topological polar surface area (TPSA) is 72.4 Å². The van der Waals surface area contributed by atoms with Gasteiger partial charge in [-0.25, -0.2) is 0 Å². The number of phosphoric acid groups is 1. The average Bonchev–Trinajstić information content (AvgIpc) is 1.96. The molecule has 0 radical (unpaired) electrons. The second-order valence-electron chi connectivity index (χ2n) is 3.28. The van der Waals surface area contributed by atoms with Gasteiger partial charge in [-0.2, -0.15) is 13.2 Å². The molecular formula is C9H8F3O4P-2. The van der Waals surface area contributed by atoms with Crippen LogP contribution >= 0.6 is 7.82 Å². The molecule has 0 aromatic heterocycles. The molecule has 0 aromatic carbocycles. The highest BCUT2D eigenvalue weighted by Crippen LogP contribution is 2.43. The predicted octanol–water partition coefficient (Wildman–Crippen LogP) is 0.569. The van der Waals surface area contributed by atoms with E-state index in [1.54, 1.807) is 0 Å². The van der Waals surface area contributed by atoms with Crippen LogP contribution in [0.3, 0.4) is 0 Å². The number of rotatable bonds is 5. The monoisotopic (exact) mass is 268 g/mol. The minimum Gasteiger partial charge on any atom is -0.790 e. The molecule has 0 fully saturated rings. The third kappa shape index (κ3) is 7.04. The molecule has 0 saturated heterocycles. The van der Waals surface area contributed by atoms with Crippen LogP contribution in [-0.4, -0.2) is 11.8 Å². The highest BCUT2D eigenvalue weighted by Gasteiger charge is 2.43. The van der Waals surface area contributed by atoms with Crippen LogP contribution in [0.15, 0.2) is 0 Å². The van der Waals surface area contributed by atoms with Gasteiger partial charge in [0.1, 0.15) is 5.60 Å². The highest BCUT2D eigenvalue weighted by molar-refractivity contribution is 7.43. The highest BCUT2D eigenvalue weighted by atomic mass is 31.2. The Morgan fingerprint density at radius 1 is 1.18 bits per heavy atom. The Hall–Kier alpha value is -0.980. The van der Waals surface area contributed by atoms with Gasteiger partial charge in [0.15, 0.2) is 0 Å². The summed E-state index contributed by atoms with van der Waals surface area (Å²) in [5.74, 6) is 3.64. The maximum Gasteiger partial charge on any atom is 0.391 e. The van der Waals surface area contributed by atoms with Crippen LogP contribution in [0.1, 0.15) is 19.3 Å². The lowest BCUT2D eigenvalue weighted by Gasteiger charge is -2.41. The van der Waals surface area contributed by atoms with Crippen LogP contribution in [0.2, 0.25) is 0 Å². The molecule has 4 nitrogen and oxygen atoms in total. The molecule has 0 spiro atoms. The molecule has 0 saturated carbocycles. The number of hydrogen-bond acceptors (Lipinski definition) is 4. The van der Waals surface area contributed by atoms with Gasteiger partial charge in [0.05, 0.1) is 14.2 Å². The van der Waals surface area contributed by atoms with Gasteiger partial charge in [-0.05, 0) is 0 Å². The number of terminal acetylenes is 2. The third-order valence-electron chi connectivity index (χ3n) is 1.68. The third-order valence-corrected chi connectivity index (χ3v) is 2.29. The summed E-state index contributed by atoms with van der Waals surface area (Å²) in [5.41, 5.74) is -2.42. The summed E-state index contributed by atoms with van der Waals surface area (Å²) in [5, 5.41) is 0. The van der Waals surface area contributed by atoms with Crippen molar-refractivity contribution in [1.82, 2.24) is 0 Å². The fourth-order valence-electron chi connectivity index (χ4n) is 1.26. The van der Waals surface area contributed by atoms with Crippen LogP contribution < -0.4 is 9.79 Å².